The van der Waals surface area contributed by atoms with Gasteiger partial charge in [-0.1, -0.05) is 46.3 Å². The minimum absolute atomic E-state index is 0.338. The fraction of sp³-hybridized carbons (Fsp3) is 0.417. The lowest BCUT2D eigenvalue weighted by molar-refractivity contribution is -0.156. The van der Waals surface area contributed by atoms with Crippen LogP contribution in [0.25, 0.3) is 0 Å². The van der Waals surface area contributed by atoms with Crippen molar-refractivity contribution in [1.29, 1.82) is 0 Å². The maximum atomic E-state index is 11.7. The van der Waals surface area contributed by atoms with Crippen molar-refractivity contribution in [1.82, 2.24) is 0 Å². The van der Waals surface area contributed by atoms with Crippen molar-refractivity contribution < 1.29 is 14.3 Å². The lowest BCUT2D eigenvalue weighted by Gasteiger charge is -2.16. The van der Waals surface area contributed by atoms with Crippen LogP contribution in [-0.2, 0) is 14.3 Å². The quantitative estimate of drug-likeness (QED) is 0.596. The monoisotopic (exact) mass is 286 g/mol. The lowest BCUT2D eigenvalue weighted by atomic mass is 10.1. The summed E-state index contributed by atoms with van der Waals surface area (Å²) in [5.74, 6) is -0.338. The third-order valence-electron chi connectivity index (χ3n) is 1.96. The van der Waals surface area contributed by atoms with Gasteiger partial charge in [0.1, 0.15) is 0 Å². The van der Waals surface area contributed by atoms with Crippen LogP contribution in [0.15, 0.2) is 30.3 Å². The fourth-order valence-corrected chi connectivity index (χ4v) is 1.50. The summed E-state index contributed by atoms with van der Waals surface area (Å²) in [7, 11) is 0. The number of benzene rings is 1. The van der Waals surface area contributed by atoms with Gasteiger partial charge in [-0.15, -0.1) is 0 Å². The number of carbonyl (C=O) groups is 1. The van der Waals surface area contributed by atoms with Crippen LogP contribution in [0.5, 0.6) is 0 Å². The van der Waals surface area contributed by atoms with Crippen molar-refractivity contribution in [2.75, 3.05) is 18.5 Å². The van der Waals surface area contributed by atoms with Crippen LogP contribution in [-0.4, -0.2) is 24.5 Å². The molecule has 0 fully saturated rings. The highest BCUT2D eigenvalue weighted by molar-refractivity contribution is 9.09. The average molecular weight is 287 g/mol. The molecule has 0 heterocycles. The Hall–Kier alpha value is -0.870. The molecule has 0 bridgehead atoms. The molecular formula is C12H15BrO3. The second-order valence-corrected chi connectivity index (χ2v) is 3.90. The van der Waals surface area contributed by atoms with E-state index in [-0.39, 0.29) is 5.97 Å². The number of ether oxygens (including phenoxy) is 2. The highest BCUT2D eigenvalue weighted by Crippen LogP contribution is 2.18. The first-order chi connectivity index (χ1) is 7.79. The molecule has 0 aliphatic rings. The molecule has 1 aromatic rings. The number of halogens is 1. The Bertz CT molecular complexity index is 313. The molecule has 1 rings (SSSR count). The van der Waals surface area contributed by atoms with E-state index in [9.17, 15) is 4.79 Å². The first-order valence-electron chi connectivity index (χ1n) is 5.18. The van der Waals surface area contributed by atoms with Gasteiger partial charge in [-0.25, -0.2) is 4.79 Å². The molecule has 88 valence electrons. The second-order valence-electron chi connectivity index (χ2n) is 3.10. The van der Waals surface area contributed by atoms with E-state index < -0.39 is 6.10 Å². The normalized spacial score (nSPS) is 12.1. The Balaban J connectivity index is 2.74. The molecule has 0 aliphatic carbocycles. The highest BCUT2D eigenvalue weighted by atomic mass is 79.9. The van der Waals surface area contributed by atoms with Crippen LogP contribution in [0.1, 0.15) is 18.6 Å². The number of hydrogen-bond donors (Lipinski definition) is 0. The molecule has 1 aromatic carbocycles. The number of rotatable bonds is 6. The molecule has 1 unspecified atom stereocenters. The predicted octanol–water partition coefficient (Wildman–Crippen LogP) is 2.70. The Morgan fingerprint density at radius 1 is 1.38 bits per heavy atom. The third kappa shape index (κ3) is 3.94. The largest absolute Gasteiger partial charge is 0.464 e. The van der Waals surface area contributed by atoms with E-state index >= 15 is 0 Å². The Morgan fingerprint density at radius 3 is 2.62 bits per heavy atom. The first kappa shape index (κ1) is 13.2. The zero-order valence-corrected chi connectivity index (χ0v) is 10.8. The Morgan fingerprint density at radius 2 is 2.06 bits per heavy atom. The van der Waals surface area contributed by atoms with Crippen molar-refractivity contribution in [3.8, 4) is 0 Å². The number of alkyl halides is 1. The average Bonchev–Trinajstić information content (AvgIpc) is 2.31. The Kier molecular flexibility index (Phi) is 6.11. The van der Waals surface area contributed by atoms with E-state index in [0.717, 1.165) is 5.56 Å². The summed E-state index contributed by atoms with van der Waals surface area (Å²) in [5.41, 5.74) is 0.821. The standard InChI is InChI=1S/C12H15BrO3/c1-2-15-12(14)11(16-9-8-13)10-6-4-3-5-7-10/h3-7,11H,2,8-9H2,1H3. The molecule has 3 nitrogen and oxygen atoms in total. The van der Waals surface area contributed by atoms with Gasteiger partial charge >= 0.3 is 5.97 Å². The molecule has 0 N–H and O–H groups in total. The lowest BCUT2D eigenvalue weighted by Crippen LogP contribution is -2.19. The van der Waals surface area contributed by atoms with Crippen LogP contribution >= 0.6 is 15.9 Å². The maximum absolute atomic E-state index is 11.7. The molecule has 16 heavy (non-hydrogen) atoms. The molecule has 4 heteroatoms. The summed E-state index contributed by atoms with van der Waals surface area (Å²) >= 11 is 3.26. The number of esters is 1. The van der Waals surface area contributed by atoms with Gasteiger partial charge in [-0.2, -0.15) is 0 Å². The summed E-state index contributed by atoms with van der Waals surface area (Å²) in [5, 5.41) is 0.690. The molecule has 0 amide bonds. The molecule has 0 saturated carbocycles. The van der Waals surface area contributed by atoms with Gasteiger partial charge in [0.05, 0.1) is 13.2 Å². The van der Waals surface area contributed by atoms with Gasteiger partial charge < -0.3 is 9.47 Å². The minimum Gasteiger partial charge on any atom is -0.464 e. The van der Waals surface area contributed by atoms with Crippen molar-refractivity contribution >= 4 is 21.9 Å². The maximum Gasteiger partial charge on any atom is 0.339 e. The summed E-state index contributed by atoms with van der Waals surface area (Å²) in [6, 6.07) is 9.36. The molecule has 0 spiro atoms. The fourth-order valence-electron chi connectivity index (χ4n) is 1.31. The van der Waals surface area contributed by atoms with Crippen molar-refractivity contribution in [2.24, 2.45) is 0 Å². The van der Waals surface area contributed by atoms with E-state index in [1.165, 1.54) is 0 Å². The minimum atomic E-state index is -0.626. The topological polar surface area (TPSA) is 35.5 Å². The van der Waals surface area contributed by atoms with Crippen LogP contribution in [0.4, 0.5) is 0 Å². The summed E-state index contributed by atoms with van der Waals surface area (Å²) in [4.78, 5) is 11.7. The van der Waals surface area contributed by atoms with Gasteiger partial charge in [-0.05, 0) is 12.5 Å². The molecule has 0 aliphatic heterocycles. The van der Waals surface area contributed by atoms with E-state index in [2.05, 4.69) is 15.9 Å². The van der Waals surface area contributed by atoms with Crippen LogP contribution in [0.3, 0.4) is 0 Å². The third-order valence-corrected chi connectivity index (χ3v) is 2.29. The summed E-state index contributed by atoms with van der Waals surface area (Å²) < 4.78 is 10.4. The van der Waals surface area contributed by atoms with E-state index in [1.807, 2.05) is 30.3 Å². The van der Waals surface area contributed by atoms with Crippen molar-refractivity contribution in [2.45, 2.75) is 13.0 Å². The van der Waals surface area contributed by atoms with E-state index in [0.29, 0.717) is 18.5 Å². The van der Waals surface area contributed by atoms with Crippen LogP contribution in [0.2, 0.25) is 0 Å². The van der Waals surface area contributed by atoms with E-state index in [4.69, 9.17) is 9.47 Å². The summed E-state index contributed by atoms with van der Waals surface area (Å²) in [6.45, 7) is 2.61. The Labute approximate surface area is 104 Å². The molecule has 0 aromatic heterocycles. The highest BCUT2D eigenvalue weighted by Gasteiger charge is 2.21. The number of hydrogen-bond acceptors (Lipinski definition) is 3. The molecule has 0 saturated heterocycles. The van der Waals surface area contributed by atoms with Crippen LogP contribution < -0.4 is 0 Å². The molecule has 1 atom stereocenters. The van der Waals surface area contributed by atoms with Crippen LogP contribution in [0, 0.1) is 0 Å². The van der Waals surface area contributed by atoms with Crippen molar-refractivity contribution in [3.05, 3.63) is 35.9 Å². The van der Waals surface area contributed by atoms with E-state index in [1.54, 1.807) is 6.92 Å². The SMILES string of the molecule is CCOC(=O)C(OCCBr)c1ccccc1. The molecular weight excluding hydrogens is 272 g/mol. The van der Waals surface area contributed by atoms with Gasteiger partial charge in [-0.3, -0.25) is 0 Å². The zero-order chi connectivity index (χ0) is 11.8. The van der Waals surface area contributed by atoms with Gasteiger partial charge in [0.25, 0.3) is 0 Å². The molecule has 0 radical (unpaired) electrons. The van der Waals surface area contributed by atoms with Gasteiger partial charge in [0.2, 0.25) is 0 Å². The zero-order valence-electron chi connectivity index (χ0n) is 9.19. The van der Waals surface area contributed by atoms with Gasteiger partial charge in [0.15, 0.2) is 6.10 Å². The first-order valence-corrected chi connectivity index (χ1v) is 6.31. The smallest absolute Gasteiger partial charge is 0.339 e. The van der Waals surface area contributed by atoms with Crippen molar-refractivity contribution in [3.63, 3.8) is 0 Å². The summed E-state index contributed by atoms with van der Waals surface area (Å²) in [6.07, 6.45) is -0.626. The second kappa shape index (κ2) is 7.41. The number of carbonyl (C=O) groups excluding carboxylic acids is 1. The predicted molar refractivity (Wildman–Crippen MR) is 65.6 cm³/mol. The van der Waals surface area contributed by atoms with Gasteiger partial charge in [0, 0.05) is 5.33 Å².